The molecule has 0 bridgehead atoms. The van der Waals surface area contributed by atoms with E-state index in [0.717, 1.165) is 0 Å². The number of esters is 2. The summed E-state index contributed by atoms with van der Waals surface area (Å²) in [5.74, 6) is -1.01. The number of hydrogen-bond acceptors (Lipinski definition) is 7. The quantitative estimate of drug-likeness (QED) is 0.747. The van der Waals surface area contributed by atoms with Crippen LogP contribution in [0.1, 0.15) is 32.3 Å². The molecule has 1 aromatic carbocycles. The first-order chi connectivity index (χ1) is 12.9. The van der Waals surface area contributed by atoms with Gasteiger partial charge in [0.05, 0.1) is 24.9 Å². The van der Waals surface area contributed by atoms with E-state index in [4.69, 9.17) is 18.9 Å². The summed E-state index contributed by atoms with van der Waals surface area (Å²) in [4.78, 5) is 36.0. The van der Waals surface area contributed by atoms with E-state index in [1.807, 2.05) is 0 Å². The molecule has 1 saturated carbocycles. The second kappa shape index (κ2) is 7.82. The van der Waals surface area contributed by atoms with Crippen LogP contribution in [0.15, 0.2) is 30.5 Å². The van der Waals surface area contributed by atoms with Crippen LogP contribution in [-0.4, -0.2) is 43.1 Å². The third-order valence-electron chi connectivity index (χ3n) is 4.77. The molecule has 27 heavy (non-hydrogen) atoms. The summed E-state index contributed by atoms with van der Waals surface area (Å²) >= 11 is 0. The molecule has 0 radical (unpaired) electrons. The predicted molar refractivity (Wildman–Crippen MR) is 94.7 cm³/mol. The second-order valence-electron chi connectivity index (χ2n) is 6.68. The molecule has 2 aliphatic rings. The van der Waals surface area contributed by atoms with Gasteiger partial charge in [0.25, 0.3) is 0 Å². The van der Waals surface area contributed by atoms with E-state index in [9.17, 15) is 14.4 Å². The summed E-state index contributed by atoms with van der Waals surface area (Å²) in [6, 6.07) is 7.07. The lowest BCUT2D eigenvalue weighted by atomic mass is 9.75. The van der Waals surface area contributed by atoms with Crippen molar-refractivity contribution in [1.82, 2.24) is 0 Å². The maximum absolute atomic E-state index is 13.2. The smallest absolute Gasteiger partial charge is 0.302 e. The van der Waals surface area contributed by atoms with Gasteiger partial charge in [-0.05, 0) is 17.7 Å². The first-order valence-corrected chi connectivity index (χ1v) is 8.77. The predicted octanol–water partition coefficient (Wildman–Crippen LogP) is 2.28. The molecule has 0 saturated heterocycles. The van der Waals surface area contributed by atoms with Gasteiger partial charge in [0, 0.05) is 26.7 Å². The Kier molecular flexibility index (Phi) is 5.48. The Bertz CT molecular complexity index is 765. The van der Waals surface area contributed by atoms with Crippen LogP contribution in [0, 0.1) is 5.92 Å². The van der Waals surface area contributed by atoms with Gasteiger partial charge in [-0.1, -0.05) is 12.1 Å². The lowest BCUT2D eigenvalue weighted by Gasteiger charge is -2.41. The van der Waals surface area contributed by atoms with Crippen molar-refractivity contribution < 1.29 is 33.3 Å². The molecule has 1 fully saturated rings. The number of benzene rings is 1. The second-order valence-corrected chi connectivity index (χ2v) is 6.68. The normalized spacial score (nSPS) is 26.9. The molecule has 4 unspecified atom stereocenters. The molecule has 1 aliphatic heterocycles. The van der Waals surface area contributed by atoms with Gasteiger partial charge in [0.15, 0.2) is 5.78 Å². The Balaban J connectivity index is 1.87. The van der Waals surface area contributed by atoms with Gasteiger partial charge < -0.3 is 18.9 Å². The molecule has 0 aromatic heterocycles. The number of rotatable bonds is 4. The lowest BCUT2D eigenvalue weighted by Crippen LogP contribution is -2.51. The van der Waals surface area contributed by atoms with Gasteiger partial charge in [-0.2, -0.15) is 0 Å². The number of ketones is 1. The largest absolute Gasteiger partial charge is 0.497 e. The van der Waals surface area contributed by atoms with Crippen LogP contribution in [0.4, 0.5) is 0 Å². The monoisotopic (exact) mass is 374 g/mol. The highest BCUT2D eigenvalue weighted by Gasteiger charge is 2.48. The van der Waals surface area contributed by atoms with Crippen LogP contribution in [-0.2, 0) is 28.6 Å². The van der Waals surface area contributed by atoms with E-state index in [0.29, 0.717) is 23.3 Å². The van der Waals surface area contributed by atoms with E-state index >= 15 is 0 Å². The zero-order valence-corrected chi connectivity index (χ0v) is 15.5. The van der Waals surface area contributed by atoms with Gasteiger partial charge in [-0.3, -0.25) is 14.4 Å². The molecule has 7 heteroatoms. The maximum Gasteiger partial charge on any atom is 0.302 e. The van der Waals surface area contributed by atoms with Crippen molar-refractivity contribution in [3.63, 3.8) is 0 Å². The van der Waals surface area contributed by atoms with Crippen molar-refractivity contribution in [1.29, 1.82) is 0 Å². The average Bonchev–Trinajstić information content (AvgIpc) is 2.61. The first kappa shape index (κ1) is 18.9. The molecule has 4 atom stereocenters. The zero-order chi connectivity index (χ0) is 19.6. The number of ether oxygens (including phenoxy) is 4. The van der Waals surface area contributed by atoms with Gasteiger partial charge in [0.1, 0.15) is 24.1 Å². The number of carbonyl (C=O) groups is 3. The summed E-state index contributed by atoms with van der Waals surface area (Å²) in [6.45, 7) is 2.61. The number of hydrogen-bond donors (Lipinski definition) is 0. The fourth-order valence-electron chi connectivity index (χ4n) is 3.66. The molecular weight excluding hydrogens is 352 g/mol. The summed E-state index contributed by atoms with van der Waals surface area (Å²) in [5.41, 5.74) is 1.12. The molecular formula is C20H22O7. The zero-order valence-electron chi connectivity index (χ0n) is 15.5. The van der Waals surface area contributed by atoms with Gasteiger partial charge in [-0.15, -0.1) is 0 Å². The lowest BCUT2D eigenvalue weighted by molar-refractivity contribution is -0.170. The van der Waals surface area contributed by atoms with Gasteiger partial charge >= 0.3 is 11.9 Å². The SMILES string of the molecule is COc1ccc(C2=COC3CC(OC(C)=O)CC(OC(C)=O)C3C2=O)cc1. The van der Waals surface area contributed by atoms with E-state index in [-0.39, 0.29) is 12.2 Å². The minimum Gasteiger partial charge on any atom is -0.497 e. The van der Waals surface area contributed by atoms with Crippen molar-refractivity contribution in [2.24, 2.45) is 5.92 Å². The first-order valence-electron chi connectivity index (χ1n) is 8.77. The summed E-state index contributed by atoms with van der Waals surface area (Å²) in [5, 5.41) is 0. The summed E-state index contributed by atoms with van der Waals surface area (Å²) in [6.07, 6.45) is 0.399. The number of methoxy groups -OCH3 is 1. The van der Waals surface area contributed by atoms with Gasteiger partial charge in [0.2, 0.25) is 0 Å². The molecule has 0 spiro atoms. The van der Waals surface area contributed by atoms with Crippen molar-refractivity contribution >= 4 is 23.3 Å². The highest BCUT2D eigenvalue weighted by molar-refractivity contribution is 6.22. The number of Topliss-reactive ketones (excluding diaryl/α,β-unsaturated/α-hetero) is 1. The summed E-state index contributed by atoms with van der Waals surface area (Å²) < 4.78 is 21.6. The third kappa shape index (κ3) is 4.13. The van der Waals surface area contributed by atoms with E-state index < -0.39 is 36.2 Å². The highest BCUT2D eigenvalue weighted by atomic mass is 16.6. The Hall–Kier alpha value is -2.83. The minimum atomic E-state index is -0.708. The topological polar surface area (TPSA) is 88.1 Å². The van der Waals surface area contributed by atoms with Crippen molar-refractivity contribution in [2.75, 3.05) is 7.11 Å². The number of carbonyl (C=O) groups excluding carboxylic acids is 3. The van der Waals surface area contributed by atoms with Crippen molar-refractivity contribution in [3.05, 3.63) is 36.1 Å². The Morgan fingerprint density at radius 2 is 1.70 bits per heavy atom. The van der Waals surface area contributed by atoms with Crippen LogP contribution < -0.4 is 4.74 Å². The summed E-state index contributed by atoms with van der Waals surface area (Å²) in [7, 11) is 1.57. The molecule has 1 heterocycles. The van der Waals surface area contributed by atoms with Crippen molar-refractivity contribution in [2.45, 2.75) is 45.0 Å². The Morgan fingerprint density at radius 1 is 1.04 bits per heavy atom. The van der Waals surface area contributed by atoms with E-state index in [1.165, 1.54) is 20.1 Å². The molecule has 0 N–H and O–H groups in total. The van der Waals surface area contributed by atoms with Crippen LogP contribution in [0.25, 0.3) is 5.57 Å². The molecule has 7 nitrogen and oxygen atoms in total. The molecule has 3 rings (SSSR count). The van der Waals surface area contributed by atoms with E-state index in [1.54, 1.807) is 31.4 Å². The molecule has 144 valence electrons. The van der Waals surface area contributed by atoms with Crippen molar-refractivity contribution in [3.8, 4) is 5.75 Å². The molecule has 0 amide bonds. The average molecular weight is 374 g/mol. The van der Waals surface area contributed by atoms with Gasteiger partial charge in [-0.25, -0.2) is 0 Å². The fourth-order valence-corrected chi connectivity index (χ4v) is 3.66. The van der Waals surface area contributed by atoms with Crippen LogP contribution >= 0.6 is 0 Å². The van der Waals surface area contributed by atoms with E-state index in [2.05, 4.69) is 0 Å². The third-order valence-corrected chi connectivity index (χ3v) is 4.77. The number of allylic oxidation sites excluding steroid dienone is 1. The highest BCUT2D eigenvalue weighted by Crippen LogP contribution is 2.39. The molecule has 1 aromatic rings. The Labute approximate surface area is 157 Å². The molecule has 1 aliphatic carbocycles. The fraction of sp³-hybridized carbons (Fsp3) is 0.450. The van der Waals surface area contributed by atoms with Crippen LogP contribution in [0.2, 0.25) is 0 Å². The number of fused-ring (bicyclic) bond motifs is 1. The van der Waals surface area contributed by atoms with Crippen LogP contribution in [0.3, 0.4) is 0 Å². The standard InChI is InChI=1S/C20H22O7/c1-11(21)26-15-8-17-19(18(9-15)27-12(2)22)20(23)16(10-25-17)13-4-6-14(24-3)7-5-13/h4-7,10,15,17-19H,8-9H2,1-3H3. The maximum atomic E-state index is 13.2. The minimum absolute atomic E-state index is 0.149. The Morgan fingerprint density at radius 3 is 2.30 bits per heavy atom. The van der Waals surface area contributed by atoms with Crippen LogP contribution in [0.5, 0.6) is 5.75 Å².